The first kappa shape index (κ1) is 15.8. The first-order chi connectivity index (χ1) is 9.95. The molecule has 110 valence electrons. The van der Waals surface area contributed by atoms with Gasteiger partial charge in [-0.05, 0) is 58.7 Å². The van der Waals surface area contributed by atoms with E-state index in [0.717, 1.165) is 15.7 Å². The van der Waals surface area contributed by atoms with Gasteiger partial charge in [0.1, 0.15) is 5.82 Å². The Morgan fingerprint density at radius 2 is 2.05 bits per heavy atom. The van der Waals surface area contributed by atoms with Crippen LogP contribution >= 0.6 is 27.5 Å². The van der Waals surface area contributed by atoms with Gasteiger partial charge in [-0.15, -0.1) is 0 Å². The molecule has 0 fully saturated rings. The lowest BCUT2D eigenvalue weighted by atomic mass is 10.2. The normalized spacial score (nSPS) is 10.3. The molecule has 0 aliphatic carbocycles. The summed E-state index contributed by atoms with van der Waals surface area (Å²) in [5.74, 6) is -0.762. The molecule has 2 aromatic carbocycles. The molecule has 0 spiro atoms. The van der Waals surface area contributed by atoms with Gasteiger partial charge >= 0.3 is 0 Å². The summed E-state index contributed by atoms with van der Waals surface area (Å²) in [4.78, 5) is 11.8. The van der Waals surface area contributed by atoms with E-state index in [0.29, 0.717) is 5.69 Å². The van der Waals surface area contributed by atoms with E-state index in [1.807, 2.05) is 25.1 Å². The molecule has 0 aliphatic heterocycles. The van der Waals surface area contributed by atoms with Gasteiger partial charge in [-0.2, -0.15) is 0 Å². The van der Waals surface area contributed by atoms with E-state index in [1.54, 1.807) is 0 Å². The number of anilines is 2. The van der Waals surface area contributed by atoms with E-state index in [2.05, 4.69) is 26.6 Å². The molecule has 6 heteroatoms. The standard InChI is InChI=1S/C15H13BrClFN2O/c1-9-2-5-14(11(16)6-9)19-8-15(21)20-10-3-4-13(18)12(17)7-10/h2-7,19H,8H2,1H3,(H,20,21). The molecule has 0 radical (unpaired) electrons. The lowest BCUT2D eigenvalue weighted by molar-refractivity contribution is -0.114. The predicted molar refractivity (Wildman–Crippen MR) is 87.4 cm³/mol. The Labute approximate surface area is 135 Å². The maximum absolute atomic E-state index is 13.0. The summed E-state index contributed by atoms with van der Waals surface area (Å²) in [6.45, 7) is 2.08. The van der Waals surface area contributed by atoms with E-state index in [9.17, 15) is 9.18 Å². The quantitative estimate of drug-likeness (QED) is 0.824. The van der Waals surface area contributed by atoms with Crippen LogP contribution in [0.3, 0.4) is 0 Å². The number of amides is 1. The first-order valence-electron chi connectivity index (χ1n) is 6.20. The molecule has 0 heterocycles. The van der Waals surface area contributed by atoms with E-state index in [1.165, 1.54) is 18.2 Å². The lowest BCUT2D eigenvalue weighted by Crippen LogP contribution is -2.21. The molecular weight excluding hydrogens is 359 g/mol. The fourth-order valence-corrected chi connectivity index (χ4v) is 2.53. The molecule has 0 aromatic heterocycles. The number of benzene rings is 2. The lowest BCUT2D eigenvalue weighted by Gasteiger charge is -2.10. The zero-order valence-corrected chi connectivity index (χ0v) is 13.6. The van der Waals surface area contributed by atoms with E-state index in [-0.39, 0.29) is 17.5 Å². The highest BCUT2D eigenvalue weighted by Crippen LogP contribution is 2.23. The smallest absolute Gasteiger partial charge is 0.243 e. The average Bonchev–Trinajstić information content (AvgIpc) is 2.42. The van der Waals surface area contributed by atoms with Crippen LogP contribution in [0.25, 0.3) is 0 Å². The molecule has 2 aromatic rings. The Morgan fingerprint density at radius 1 is 1.29 bits per heavy atom. The van der Waals surface area contributed by atoms with Crippen molar-refractivity contribution in [1.82, 2.24) is 0 Å². The second-order valence-corrected chi connectivity index (χ2v) is 5.78. The third kappa shape index (κ3) is 4.44. The maximum Gasteiger partial charge on any atom is 0.243 e. The molecule has 0 saturated carbocycles. The molecule has 0 unspecified atom stereocenters. The average molecular weight is 372 g/mol. The van der Waals surface area contributed by atoms with Crippen molar-refractivity contribution in [2.45, 2.75) is 6.92 Å². The third-order valence-corrected chi connectivity index (χ3v) is 3.71. The van der Waals surface area contributed by atoms with Crippen LogP contribution in [0.1, 0.15) is 5.56 Å². The van der Waals surface area contributed by atoms with Crippen molar-refractivity contribution in [3.63, 3.8) is 0 Å². The highest BCUT2D eigenvalue weighted by atomic mass is 79.9. The second-order valence-electron chi connectivity index (χ2n) is 4.51. The van der Waals surface area contributed by atoms with Crippen molar-refractivity contribution in [1.29, 1.82) is 0 Å². The SMILES string of the molecule is Cc1ccc(NCC(=O)Nc2ccc(F)c(Cl)c2)c(Br)c1. The van der Waals surface area contributed by atoms with Crippen molar-refractivity contribution in [2.24, 2.45) is 0 Å². The van der Waals surface area contributed by atoms with Gasteiger partial charge in [0.05, 0.1) is 11.6 Å². The topological polar surface area (TPSA) is 41.1 Å². The Morgan fingerprint density at radius 3 is 2.71 bits per heavy atom. The third-order valence-electron chi connectivity index (χ3n) is 2.77. The Kier molecular flexibility index (Phi) is 5.20. The van der Waals surface area contributed by atoms with Crippen molar-refractivity contribution < 1.29 is 9.18 Å². The number of hydrogen-bond acceptors (Lipinski definition) is 2. The zero-order valence-electron chi connectivity index (χ0n) is 11.2. The molecule has 2 N–H and O–H groups in total. The molecule has 3 nitrogen and oxygen atoms in total. The summed E-state index contributed by atoms with van der Waals surface area (Å²) in [6.07, 6.45) is 0. The molecule has 21 heavy (non-hydrogen) atoms. The first-order valence-corrected chi connectivity index (χ1v) is 7.38. The second kappa shape index (κ2) is 6.91. The summed E-state index contributed by atoms with van der Waals surface area (Å²) in [6, 6.07) is 9.84. The van der Waals surface area contributed by atoms with Gasteiger partial charge < -0.3 is 10.6 Å². The van der Waals surface area contributed by atoms with Crippen LogP contribution in [-0.2, 0) is 4.79 Å². The summed E-state index contributed by atoms with van der Waals surface area (Å²) in [7, 11) is 0. The Bertz CT molecular complexity index is 679. The van der Waals surface area contributed by atoms with Crippen LogP contribution in [0.2, 0.25) is 5.02 Å². The van der Waals surface area contributed by atoms with E-state index in [4.69, 9.17) is 11.6 Å². The number of rotatable bonds is 4. The monoisotopic (exact) mass is 370 g/mol. The summed E-state index contributed by atoms with van der Waals surface area (Å²) in [5, 5.41) is 5.64. The molecular formula is C15H13BrClFN2O. The van der Waals surface area contributed by atoms with Crippen LogP contribution in [0, 0.1) is 12.7 Å². The zero-order chi connectivity index (χ0) is 15.4. The Hall–Kier alpha value is -1.59. The Balaban J connectivity index is 1.94. The molecule has 0 saturated heterocycles. The number of carbonyl (C=O) groups is 1. The van der Waals surface area contributed by atoms with Gasteiger partial charge in [-0.1, -0.05) is 17.7 Å². The fourth-order valence-electron chi connectivity index (χ4n) is 1.72. The predicted octanol–water partition coefficient (Wildman–Crippen LogP) is 4.60. The van der Waals surface area contributed by atoms with Gasteiger partial charge in [-0.3, -0.25) is 4.79 Å². The molecule has 1 amide bonds. The van der Waals surface area contributed by atoms with Crippen LogP contribution in [0.4, 0.5) is 15.8 Å². The van der Waals surface area contributed by atoms with Gasteiger partial charge in [-0.25, -0.2) is 4.39 Å². The number of aryl methyl sites for hydroxylation is 1. The number of hydrogen-bond donors (Lipinski definition) is 2. The minimum atomic E-state index is -0.517. The summed E-state index contributed by atoms with van der Waals surface area (Å²) in [5.41, 5.74) is 2.40. The number of nitrogens with one attached hydrogen (secondary N) is 2. The van der Waals surface area contributed by atoms with Crippen molar-refractivity contribution >= 4 is 44.8 Å². The minimum Gasteiger partial charge on any atom is -0.375 e. The molecule has 2 rings (SSSR count). The van der Waals surface area contributed by atoms with Gasteiger partial charge in [0.2, 0.25) is 5.91 Å². The summed E-state index contributed by atoms with van der Waals surface area (Å²) < 4.78 is 13.9. The highest BCUT2D eigenvalue weighted by molar-refractivity contribution is 9.10. The highest BCUT2D eigenvalue weighted by Gasteiger charge is 2.06. The number of halogens is 3. The van der Waals surface area contributed by atoms with Crippen LogP contribution in [-0.4, -0.2) is 12.5 Å². The summed E-state index contributed by atoms with van der Waals surface area (Å²) >= 11 is 9.09. The maximum atomic E-state index is 13.0. The van der Waals surface area contributed by atoms with Crippen LogP contribution in [0.5, 0.6) is 0 Å². The van der Waals surface area contributed by atoms with E-state index < -0.39 is 5.82 Å². The molecule has 0 aliphatic rings. The minimum absolute atomic E-state index is 0.0259. The molecule has 0 atom stereocenters. The fraction of sp³-hybridized carbons (Fsp3) is 0.133. The van der Waals surface area contributed by atoms with Crippen LogP contribution < -0.4 is 10.6 Å². The van der Waals surface area contributed by atoms with E-state index >= 15 is 0 Å². The van der Waals surface area contributed by atoms with Gasteiger partial charge in [0.25, 0.3) is 0 Å². The number of carbonyl (C=O) groups excluding carboxylic acids is 1. The van der Waals surface area contributed by atoms with Crippen molar-refractivity contribution in [2.75, 3.05) is 17.2 Å². The van der Waals surface area contributed by atoms with Crippen molar-refractivity contribution in [3.8, 4) is 0 Å². The van der Waals surface area contributed by atoms with Crippen LogP contribution in [0.15, 0.2) is 40.9 Å². The largest absolute Gasteiger partial charge is 0.375 e. The van der Waals surface area contributed by atoms with Gasteiger partial charge in [0, 0.05) is 15.8 Å². The van der Waals surface area contributed by atoms with Crippen molar-refractivity contribution in [3.05, 3.63) is 57.3 Å². The molecule has 0 bridgehead atoms. The van der Waals surface area contributed by atoms with Gasteiger partial charge in [0.15, 0.2) is 0 Å².